The summed E-state index contributed by atoms with van der Waals surface area (Å²) < 4.78 is 6.05. The van der Waals surface area contributed by atoms with Crippen LogP contribution in [-0.4, -0.2) is 10.4 Å². The van der Waals surface area contributed by atoms with Gasteiger partial charge in [0.15, 0.2) is 11.5 Å². The van der Waals surface area contributed by atoms with Crippen molar-refractivity contribution in [3.05, 3.63) is 53.6 Å². The molecule has 0 unspecified atom stereocenters. The lowest BCUT2D eigenvalue weighted by Crippen LogP contribution is -2.12. The van der Waals surface area contributed by atoms with Crippen LogP contribution in [-0.2, 0) is 11.2 Å². The van der Waals surface area contributed by atoms with Crippen LogP contribution >= 0.6 is 11.8 Å². The van der Waals surface area contributed by atoms with E-state index in [1.165, 1.54) is 50.5 Å². The fraction of sp³-hybridized carbons (Fsp3) is 0.520. The quantitative estimate of drug-likeness (QED) is 0.556. The third-order valence-electron chi connectivity index (χ3n) is 5.52. The van der Waals surface area contributed by atoms with Crippen molar-refractivity contribution >= 4 is 11.8 Å². The number of rotatable bonds is 5. The molecule has 0 heterocycles. The van der Waals surface area contributed by atoms with E-state index in [1.807, 2.05) is 48.2 Å². The highest BCUT2D eigenvalue weighted by molar-refractivity contribution is 7.99. The van der Waals surface area contributed by atoms with E-state index in [0.29, 0.717) is 11.0 Å². The van der Waals surface area contributed by atoms with Crippen LogP contribution in [0.15, 0.2) is 42.5 Å². The van der Waals surface area contributed by atoms with Crippen molar-refractivity contribution < 1.29 is 9.84 Å². The highest BCUT2D eigenvalue weighted by Crippen LogP contribution is 2.41. The first-order chi connectivity index (χ1) is 13.4. The van der Waals surface area contributed by atoms with Crippen LogP contribution in [0.4, 0.5) is 0 Å². The molecule has 2 aromatic carbocycles. The minimum absolute atomic E-state index is 0.00213. The van der Waals surface area contributed by atoms with E-state index in [1.54, 1.807) is 0 Å². The number of hydrogen-bond acceptors (Lipinski definition) is 3. The van der Waals surface area contributed by atoms with Crippen molar-refractivity contribution in [2.24, 2.45) is 0 Å². The van der Waals surface area contributed by atoms with Crippen molar-refractivity contribution in [1.29, 1.82) is 0 Å². The Hall–Kier alpha value is -1.61. The van der Waals surface area contributed by atoms with Gasteiger partial charge in [-0.2, -0.15) is 11.8 Å². The van der Waals surface area contributed by atoms with Crippen molar-refractivity contribution in [2.75, 3.05) is 0 Å². The molecule has 28 heavy (non-hydrogen) atoms. The summed E-state index contributed by atoms with van der Waals surface area (Å²) in [6, 6.07) is 13.9. The van der Waals surface area contributed by atoms with Gasteiger partial charge in [-0.05, 0) is 42.0 Å². The number of thioether (sulfide) groups is 1. The maximum Gasteiger partial charge on any atom is 0.169 e. The Bertz CT molecular complexity index is 741. The molecule has 0 amide bonds. The van der Waals surface area contributed by atoms with E-state index in [0.717, 1.165) is 17.1 Å². The van der Waals surface area contributed by atoms with Gasteiger partial charge in [0.25, 0.3) is 0 Å². The molecule has 2 aromatic rings. The Kier molecular flexibility index (Phi) is 7.34. The van der Waals surface area contributed by atoms with Crippen LogP contribution < -0.4 is 4.74 Å². The van der Waals surface area contributed by atoms with Gasteiger partial charge in [-0.1, -0.05) is 77.1 Å². The van der Waals surface area contributed by atoms with Gasteiger partial charge in [0.2, 0.25) is 0 Å². The second kappa shape index (κ2) is 9.73. The molecule has 1 saturated carbocycles. The molecule has 152 valence electrons. The minimum atomic E-state index is 0.00213. The summed E-state index contributed by atoms with van der Waals surface area (Å²) in [6.45, 7) is 6.62. The van der Waals surface area contributed by atoms with Crippen molar-refractivity contribution in [3.8, 4) is 17.2 Å². The lowest BCUT2D eigenvalue weighted by molar-refractivity contribution is 0.406. The standard InChI is InChI=1S/C25H34O2S/c1-25(2,3)20-16-19(18-28-22-14-10-5-4-6-11-15-22)24(26)23(17-20)27-21-12-8-7-9-13-21/h7-9,12-13,16-17,22,26H,4-6,10-11,14-15,18H2,1-3H3. The Morgan fingerprint density at radius 3 is 2.25 bits per heavy atom. The molecule has 2 nitrogen and oxygen atoms in total. The molecule has 1 N–H and O–H groups in total. The van der Waals surface area contributed by atoms with Crippen molar-refractivity contribution in [1.82, 2.24) is 0 Å². The lowest BCUT2D eigenvalue weighted by Gasteiger charge is -2.23. The molecule has 0 aromatic heterocycles. The van der Waals surface area contributed by atoms with E-state index in [2.05, 4.69) is 26.8 Å². The zero-order valence-corrected chi connectivity index (χ0v) is 18.4. The highest BCUT2D eigenvalue weighted by atomic mass is 32.2. The van der Waals surface area contributed by atoms with Crippen LogP contribution in [0.25, 0.3) is 0 Å². The van der Waals surface area contributed by atoms with E-state index >= 15 is 0 Å². The molecule has 0 saturated heterocycles. The maximum absolute atomic E-state index is 10.9. The van der Waals surface area contributed by atoms with E-state index < -0.39 is 0 Å². The van der Waals surface area contributed by atoms with Gasteiger partial charge >= 0.3 is 0 Å². The summed E-state index contributed by atoms with van der Waals surface area (Å²) in [4.78, 5) is 0. The average Bonchev–Trinajstić information content (AvgIpc) is 2.63. The number of ether oxygens (including phenoxy) is 1. The number of para-hydroxylation sites is 1. The molecule has 3 heteroatoms. The van der Waals surface area contributed by atoms with E-state index in [9.17, 15) is 5.11 Å². The van der Waals surface area contributed by atoms with Crippen LogP contribution in [0, 0.1) is 0 Å². The zero-order chi connectivity index (χ0) is 20.0. The predicted octanol–water partition coefficient (Wildman–Crippen LogP) is 7.83. The number of phenolic OH excluding ortho intramolecular Hbond substituents is 1. The van der Waals surface area contributed by atoms with Crippen LogP contribution in [0.1, 0.15) is 76.8 Å². The van der Waals surface area contributed by atoms with Crippen LogP contribution in [0.2, 0.25) is 0 Å². The SMILES string of the molecule is CC(C)(C)c1cc(CSC2CCCCCCC2)c(O)c(Oc2ccccc2)c1. The first-order valence-electron chi connectivity index (χ1n) is 10.6. The van der Waals surface area contributed by atoms with Gasteiger partial charge in [0, 0.05) is 16.6 Å². The molecule has 1 fully saturated rings. The van der Waals surface area contributed by atoms with E-state index in [4.69, 9.17) is 4.74 Å². The first-order valence-corrected chi connectivity index (χ1v) is 11.7. The summed E-state index contributed by atoms with van der Waals surface area (Å²) >= 11 is 2.01. The molecular formula is C25H34O2S. The molecular weight excluding hydrogens is 364 g/mol. The number of aromatic hydroxyl groups is 1. The summed E-state index contributed by atoms with van der Waals surface area (Å²) in [5.41, 5.74) is 2.19. The molecule has 3 rings (SSSR count). The summed E-state index contributed by atoms with van der Waals surface area (Å²) in [6.07, 6.45) is 9.43. The Labute approximate surface area is 174 Å². The molecule has 0 aliphatic heterocycles. The molecule has 0 spiro atoms. The summed E-state index contributed by atoms with van der Waals surface area (Å²) in [5, 5.41) is 11.6. The normalized spacial score (nSPS) is 16.4. The maximum atomic E-state index is 10.9. The average molecular weight is 399 g/mol. The Morgan fingerprint density at radius 1 is 0.964 bits per heavy atom. The van der Waals surface area contributed by atoms with E-state index in [-0.39, 0.29) is 11.2 Å². The zero-order valence-electron chi connectivity index (χ0n) is 17.5. The number of benzene rings is 2. The minimum Gasteiger partial charge on any atom is -0.504 e. The predicted molar refractivity (Wildman–Crippen MR) is 121 cm³/mol. The monoisotopic (exact) mass is 398 g/mol. The Balaban J connectivity index is 1.81. The Morgan fingerprint density at radius 2 is 1.61 bits per heavy atom. The fourth-order valence-corrected chi connectivity index (χ4v) is 5.00. The third-order valence-corrected chi connectivity index (χ3v) is 6.94. The highest BCUT2D eigenvalue weighted by Gasteiger charge is 2.21. The topological polar surface area (TPSA) is 29.5 Å². The molecule has 1 aliphatic rings. The van der Waals surface area contributed by atoms with Gasteiger partial charge in [-0.3, -0.25) is 0 Å². The van der Waals surface area contributed by atoms with Crippen molar-refractivity contribution in [2.45, 2.75) is 82.1 Å². The largest absolute Gasteiger partial charge is 0.504 e. The second-order valence-corrected chi connectivity index (χ2v) is 10.2. The molecule has 0 atom stereocenters. The van der Waals surface area contributed by atoms with Crippen LogP contribution in [0.3, 0.4) is 0 Å². The number of phenols is 1. The van der Waals surface area contributed by atoms with Crippen LogP contribution in [0.5, 0.6) is 17.2 Å². The van der Waals surface area contributed by atoms with Gasteiger partial charge in [0.1, 0.15) is 5.75 Å². The molecule has 0 radical (unpaired) electrons. The van der Waals surface area contributed by atoms with Gasteiger partial charge in [-0.25, -0.2) is 0 Å². The molecule has 1 aliphatic carbocycles. The van der Waals surface area contributed by atoms with Gasteiger partial charge in [-0.15, -0.1) is 0 Å². The van der Waals surface area contributed by atoms with Crippen molar-refractivity contribution in [3.63, 3.8) is 0 Å². The first kappa shape index (κ1) is 21.1. The fourth-order valence-electron chi connectivity index (χ4n) is 3.69. The second-order valence-electron chi connectivity index (χ2n) is 8.93. The smallest absolute Gasteiger partial charge is 0.169 e. The number of hydrogen-bond donors (Lipinski definition) is 1. The molecule has 0 bridgehead atoms. The lowest BCUT2D eigenvalue weighted by atomic mass is 9.86. The van der Waals surface area contributed by atoms with Gasteiger partial charge < -0.3 is 9.84 Å². The third kappa shape index (κ3) is 5.94. The summed E-state index contributed by atoms with van der Waals surface area (Å²) in [5.74, 6) is 2.44. The van der Waals surface area contributed by atoms with Gasteiger partial charge in [0.05, 0.1) is 0 Å². The summed E-state index contributed by atoms with van der Waals surface area (Å²) in [7, 11) is 0.